The van der Waals surface area contributed by atoms with E-state index in [9.17, 15) is 4.79 Å². The van der Waals surface area contributed by atoms with Crippen LogP contribution in [0.5, 0.6) is 5.75 Å². The molecular formula is C15H17BrN2O2S. The number of ether oxygens (including phenoxy) is 1. The van der Waals surface area contributed by atoms with Crippen LogP contribution in [0.3, 0.4) is 0 Å². The first-order chi connectivity index (χ1) is 10.1. The number of hydrogen-bond donors (Lipinski definition) is 2. The van der Waals surface area contributed by atoms with Crippen molar-refractivity contribution >= 4 is 38.9 Å². The normalized spacial score (nSPS) is 11.9. The van der Waals surface area contributed by atoms with Crippen molar-refractivity contribution in [2.75, 3.05) is 11.9 Å². The summed E-state index contributed by atoms with van der Waals surface area (Å²) in [5, 5.41) is 5.48. The van der Waals surface area contributed by atoms with Crippen molar-refractivity contribution in [2.45, 2.75) is 19.4 Å². The van der Waals surface area contributed by atoms with Gasteiger partial charge < -0.3 is 15.8 Å². The lowest BCUT2D eigenvalue weighted by Crippen LogP contribution is -2.15. The van der Waals surface area contributed by atoms with Crippen molar-refractivity contribution in [3.63, 3.8) is 0 Å². The zero-order valence-electron chi connectivity index (χ0n) is 11.6. The number of benzene rings is 1. The van der Waals surface area contributed by atoms with E-state index in [1.54, 1.807) is 11.3 Å². The molecule has 0 saturated carbocycles. The lowest BCUT2D eigenvalue weighted by atomic mass is 10.2. The molecule has 0 aliphatic heterocycles. The predicted octanol–water partition coefficient (Wildman–Crippen LogP) is 3.94. The maximum Gasteiger partial charge on any atom is 0.220 e. The highest BCUT2D eigenvalue weighted by Gasteiger charge is 2.13. The molecule has 0 spiro atoms. The Balaban J connectivity index is 2.06. The van der Waals surface area contributed by atoms with E-state index in [1.807, 2.05) is 35.7 Å². The highest BCUT2D eigenvalue weighted by Crippen LogP contribution is 2.33. The molecule has 0 fully saturated rings. The van der Waals surface area contributed by atoms with E-state index in [-0.39, 0.29) is 25.0 Å². The second-order valence-electron chi connectivity index (χ2n) is 4.56. The molecule has 6 heteroatoms. The van der Waals surface area contributed by atoms with Crippen LogP contribution in [-0.2, 0) is 4.79 Å². The molecule has 1 heterocycles. The first-order valence-electron chi connectivity index (χ1n) is 6.57. The molecular weight excluding hydrogens is 352 g/mol. The van der Waals surface area contributed by atoms with Crippen LogP contribution in [0.15, 0.2) is 40.2 Å². The van der Waals surface area contributed by atoms with Gasteiger partial charge in [-0.3, -0.25) is 4.79 Å². The smallest absolute Gasteiger partial charge is 0.220 e. The molecule has 2 rings (SSSR count). The monoisotopic (exact) mass is 368 g/mol. The minimum absolute atomic E-state index is 0.153. The van der Waals surface area contributed by atoms with Gasteiger partial charge in [0.25, 0.3) is 0 Å². The van der Waals surface area contributed by atoms with Gasteiger partial charge in [0.05, 0.1) is 24.8 Å². The number of anilines is 1. The van der Waals surface area contributed by atoms with Crippen LogP contribution in [0.4, 0.5) is 5.69 Å². The largest absolute Gasteiger partial charge is 0.491 e. The van der Waals surface area contributed by atoms with Gasteiger partial charge in [-0.05, 0) is 46.4 Å². The fraction of sp³-hybridized carbons (Fsp3) is 0.267. The third-order valence-electron chi connectivity index (χ3n) is 2.90. The van der Waals surface area contributed by atoms with Crippen molar-refractivity contribution in [1.82, 2.24) is 0 Å². The number of rotatable bonds is 7. The molecule has 1 unspecified atom stereocenters. The summed E-state index contributed by atoms with van der Waals surface area (Å²) in [6.45, 7) is 2.38. The lowest BCUT2D eigenvalue weighted by Gasteiger charge is -2.18. The number of halogens is 1. The van der Waals surface area contributed by atoms with Gasteiger partial charge in [-0.2, -0.15) is 0 Å². The minimum atomic E-state index is -0.365. The third kappa shape index (κ3) is 4.47. The number of primary amides is 1. The van der Waals surface area contributed by atoms with Crippen molar-refractivity contribution in [1.29, 1.82) is 0 Å². The number of nitrogens with two attached hydrogens (primary N) is 1. The number of para-hydroxylation sites is 2. The summed E-state index contributed by atoms with van der Waals surface area (Å²) in [6, 6.07) is 9.86. The molecule has 0 aliphatic carbocycles. The summed E-state index contributed by atoms with van der Waals surface area (Å²) in [6.07, 6.45) is 0.209. The Kier molecular flexibility index (Phi) is 5.64. The van der Waals surface area contributed by atoms with E-state index >= 15 is 0 Å². The first-order valence-corrected chi connectivity index (χ1v) is 8.24. The predicted molar refractivity (Wildman–Crippen MR) is 89.8 cm³/mol. The summed E-state index contributed by atoms with van der Waals surface area (Å²) >= 11 is 5.24. The van der Waals surface area contributed by atoms with Crippen molar-refractivity contribution in [2.24, 2.45) is 5.73 Å². The molecule has 0 aliphatic rings. The molecule has 2 aromatic rings. The summed E-state index contributed by atoms with van der Waals surface area (Å²) in [5.41, 5.74) is 6.02. The quantitative estimate of drug-likeness (QED) is 0.777. The van der Waals surface area contributed by atoms with Gasteiger partial charge in [0.2, 0.25) is 5.91 Å². The topological polar surface area (TPSA) is 64.3 Å². The van der Waals surface area contributed by atoms with Gasteiger partial charge in [0.1, 0.15) is 5.75 Å². The summed E-state index contributed by atoms with van der Waals surface area (Å²) in [4.78, 5) is 12.0. The summed E-state index contributed by atoms with van der Waals surface area (Å²) in [5.74, 6) is 0.356. The van der Waals surface area contributed by atoms with Crippen LogP contribution in [-0.4, -0.2) is 12.5 Å². The van der Waals surface area contributed by atoms with Gasteiger partial charge in [-0.25, -0.2) is 0 Å². The fourth-order valence-corrected chi connectivity index (χ4v) is 3.61. The molecule has 112 valence electrons. The van der Waals surface area contributed by atoms with Gasteiger partial charge in [0, 0.05) is 9.35 Å². The van der Waals surface area contributed by atoms with Crippen molar-refractivity contribution in [3.05, 3.63) is 45.1 Å². The maximum atomic E-state index is 10.8. The Hall–Kier alpha value is -1.53. The van der Waals surface area contributed by atoms with Gasteiger partial charge in [-0.1, -0.05) is 12.1 Å². The number of carbonyl (C=O) groups excluding carboxylic acids is 1. The van der Waals surface area contributed by atoms with E-state index < -0.39 is 0 Å². The molecule has 1 atom stereocenters. The number of carbonyl (C=O) groups is 1. The standard InChI is InChI=1S/C15H17BrN2O2S/c1-10(15-11(16)7-9-21-15)18-12-4-2-3-5-13(12)20-8-6-14(17)19/h2-5,7,9-10,18H,6,8H2,1H3,(H2,17,19). The Morgan fingerprint density at radius 2 is 2.19 bits per heavy atom. The van der Waals surface area contributed by atoms with E-state index in [4.69, 9.17) is 10.5 Å². The highest BCUT2D eigenvalue weighted by atomic mass is 79.9. The second-order valence-corrected chi connectivity index (χ2v) is 6.36. The minimum Gasteiger partial charge on any atom is -0.491 e. The number of hydrogen-bond acceptors (Lipinski definition) is 4. The summed E-state index contributed by atoms with van der Waals surface area (Å²) in [7, 11) is 0. The Morgan fingerprint density at radius 1 is 1.43 bits per heavy atom. The van der Waals surface area contributed by atoms with E-state index in [2.05, 4.69) is 28.2 Å². The van der Waals surface area contributed by atoms with Crippen LogP contribution >= 0.6 is 27.3 Å². The van der Waals surface area contributed by atoms with Gasteiger partial charge >= 0.3 is 0 Å². The Labute approximate surface area is 136 Å². The van der Waals surface area contributed by atoms with Crippen molar-refractivity contribution in [3.8, 4) is 5.75 Å². The average molecular weight is 369 g/mol. The van der Waals surface area contributed by atoms with Crippen LogP contribution in [0.2, 0.25) is 0 Å². The van der Waals surface area contributed by atoms with Crippen LogP contribution in [0, 0.1) is 0 Å². The van der Waals surface area contributed by atoms with E-state index in [1.165, 1.54) is 4.88 Å². The third-order valence-corrected chi connectivity index (χ3v) is 4.96. The molecule has 1 aromatic carbocycles. The molecule has 1 amide bonds. The number of amides is 1. The highest BCUT2D eigenvalue weighted by molar-refractivity contribution is 9.10. The SMILES string of the molecule is CC(Nc1ccccc1OCCC(N)=O)c1sccc1Br. The molecule has 21 heavy (non-hydrogen) atoms. The van der Waals surface area contributed by atoms with Crippen LogP contribution < -0.4 is 15.8 Å². The molecule has 4 nitrogen and oxygen atoms in total. The molecule has 1 aromatic heterocycles. The fourth-order valence-electron chi connectivity index (χ4n) is 1.89. The number of nitrogens with one attached hydrogen (secondary N) is 1. The van der Waals surface area contributed by atoms with Gasteiger partial charge in [-0.15, -0.1) is 11.3 Å². The average Bonchev–Trinajstić information content (AvgIpc) is 2.86. The van der Waals surface area contributed by atoms with E-state index in [0.29, 0.717) is 0 Å². The zero-order valence-corrected chi connectivity index (χ0v) is 14.0. The number of thiophene rings is 1. The molecule has 0 bridgehead atoms. The first kappa shape index (κ1) is 15.9. The molecule has 0 saturated heterocycles. The molecule has 3 N–H and O–H groups in total. The lowest BCUT2D eigenvalue weighted by molar-refractivity contribution is -0.118. The molecule has 0 radical (unpaired) electrons. The van der Waals surface area contributed by atoms with Crippen molar-refractivity contribution < 1.29 is 9.53 Å². The maximum absolute atomic E-state index is 10.8. The Morgan fingerprint density at radius 3 is 2.86 bits per heavy atom. The van der Waals surface area contributed by atoms with E-state index in [0.717, 1.165) is 15.9 Å². The van der Waals surface area contributed by atoms with Crippen LogP contribution in [0.1, 0.15) is 24.3 Å². The zero-order chi connectivity index (χ0) is 15.2. The summed E-state index contributed by atoms with van der Waals surface area (Å²) < 4.78 is 6.72. The van der Waals surface area contributed by atoms with Crippen LogP contribution in [0.25, 0.3) is 0 Å². The van der Waals surface area contributed by atoms with Gasteiger partial charge in [0.15, 0.2) is 0 Å². The Bertz CT molecular complexity index is 615. The second kappa shape index (κ2) is 7.47.